The molecule has 5 nitrogen and oxygen atoms in total. The van der Waals surface area contributed by atoms with Crippen molar-refractivity contribution in [2.24, 2.45) is 0 Å². The molecule has 9 aromatic carbocycles. The highest BCUT2D eigenvalue weighted by Gasteiger charge is 2.51. The van der Waals surface area contributed by atoms with Gasteiger partial charge in [0.25, 0.3) is 0 Å². The van der Waals surface area contributed by atoms with Gasteiger partial charge >= 0.3 is 0 Å². The van der Waals surface area contributed by atoms with Crippen LogP contribution in [0.15, 0.2) is 206 Å². The lowest BCUT2D eigenvalue weighted by Crippen LogP contribution is -2.32. The summed E-state index contributed by atoms with van der Waals surface area (Å²) < 4.78 is 9.17. The highest BCUT2D eigenvalue weighted by atomic mass is 16.5. The van der Waals surface area contributed by atoms with Gasteiger partial charge in [0.1, 0.15) is 11.5 Å². The molecule has 3 aliphatic rings. The van der Waals surface area contributed by atoms with Gasteiger partial charge in [-0.05, 0) is 80.9 Å². The van der Waals surface area contributed by atoms with Crippen LogP contribution in [0.2, 0.25) is 0 Å². The Morgan fingerprint density at radius 2 is 0.939 bits per heavy atom. The fourth-order valence-electron chi connectivity index (χ4n) is 11.8. The fraction of sp³-hybridized carbons (Fsp3) is 0.0656. The maximum absolute atomic E-state index is 6.65. The van der Waals surface area contributed by atoms with Crippen LogP contribution in [-0.2, 0) is 10.8 Å². The molecule has 1 aliphatic heterocycles. The van der Waals surface area contributed by atoms with Gasteiger partial charge in [-0.1, -0.05) is 184 Å². The van der Waals surface area contributed by atoms with Crippen molar-refractivity contribution in [1.82, 2.24) is 19.5 Å². The number of fused-ring (bicyclic) bond motifs is 16. The minimum atomic E-state index is -0.543. The van der Waals surface area contributed by atoms with Crippen molar-refractivity contribution >= 4 is 21.8 Å². The molecule has 0 unspecified atom stereocenters. The Labute approximate surface area is 382 Å². The molecule has 0 saturated heterocycles. The largest absolute Gasteiger partial charge is 0.457 e. The molecule has 11 aromatic rings. The molecule has 1 spiro atoms. The molecule has 3 heterocycles. The average Bonchev–Trinajstić information content (AvgIpc) is 3.95. The maximum Gasteiger partial charge on any atom is 0.164 e. The number of para-hydroxylation sites is 3. The van der Waals surface area contributed by atoms with Gasteiger partial charge in [0.2, 0.25) is 0 Å². The van der Waals surface area contributed by atoms with Crippen LogP contribution in [0, 0.1) is 0 Å². The van der Waals surface area contributed by atoms with Crippen LogP contribution in [0.5, 0.6) is 11.5 Å². The SMILES string of the molecule is CC1(C)c2ccccc2-c2c(-c3nc(-c4ccccc4)nc(-c4ccccc4)n3)cc3c4ccccc4n(-c4ccc5c(c4)-c4ccccc4C54c5ccccc5Oc5ccccc54)c3c21. The first-order valence-corrected chi connectivity index (χ1v) is 22.7. The minimum absolute atomic E-state index is 0.368. The third kappa shape index (κ3) is 4.92. The van der Waals surface area contributed by atoms with E-state index in [9.17, 15) is 0 Å². The second-order valence-electron chi connectivity index (χ2n) is 18.3. The molecule has 0 bridgehead atoms. The predicted octanol–water partition coefficient (Wildman–Crippen LogP) is 14.7. The molecular weight excluding hydrogens is 805 g/mol. The predicted molar refractivity (Wildman–Crippen MR) is 265 cm³/mol. The van der Waals surface area contributed by atoms with Gasteiger partial charge in [-0.15, -0.1) is 0 Å². The number of rotatable bonds is 4. The minimum Gasteiger partial charge on any atom is -0.457 e. The van der Waals surface area contributed by atoms with Crippen molar-refractivity contribution in [2.45, 2.75) is 24.7 Å². The molecule has 66 heavy (non-hydrogen) atoms. The number of nitrogens with zero attached hydrogens (tertiary/aromatic N) is 4. The van der Waals surface area contributed by atoms with Gasteiger partial charge in [-0.25, -0.2) is 15.0 Å². The van der Waals surface area contributed by atoms with E-state index in [1.807, 2.05) is 36.4 Å². The topological polar surface area (TPSA) is 52.8 Å². The Bertz CT molecular complexity index is 3730. The second kappa shape index (κ2) is 13.6. The van der Waals surface area contributed by atoms with Gasteiger partial charge < -0.3 is 9.30 Å². The summed E-state index contributed by atoms with van der Waals surface area (Å²) in [6.07, 6.45) is 0. The molecule has 0 amide bonds. The summed E-state index contributed by atoms with van der Waals surface area (Å²) in [6, 6.07) is 73.9. The number of hydrogen-bond acceptors (Lipinski definition) is 4. The van der Waals surface area contributed by atoms with Crippen LogP contribution >= 0.6 is 0 Å². The Kier molecular flexibility index (Phi) is 7.60. The lowest BCUT2D eigenvalue weighted by atomic mass is 9.66. The highest BCUT2D eigenvalue weighted by Crippen LogP contribution is 2.63. The smallest absolute Gasteiger partial charge is 0.164 e. The van der Waals surface area contributed by atoms with Crippen LogP contribution in [0.4, 0.5) is 0 Å². The lowest BCUT2D eigenvalue weighted by molar-refractivity contribution is 0.436. The van der Waals surface area contributed by atoms with Crippen LogP contribution in [-0.4, -0.2) is 19.5 Å². The summed E-state index contributed by atoms with van der Waals surface area (Å²) in [6.45, 7) is 4.76. The van der Waals surface area contributed by atoms with Crippen molar-refractivity contribution in [3.63, 3.8) is 0 Å². The monoisotopic (exact) mass is 844 g/mol. The van der Waals surface area contributed by atoms with E-state index in [1.54, 1.807) is 0 Å². The summed E-state index contributed by atoms with van der Waals surface area (Å²) in [7, 11) is 0. The summed E-state index contributed by atoms with van der Waals surface area (Å²) >= 11 is 0. The van der Waals surface area contributed by atoms with E-state index < -0.39 is 5.41 Å². The van der Waals surface area contributed by atoms with E-state index in [0.717, 1.165) is 61.5 Å². The highest BCUT2D eigenvalue weighted by molar-refractivity contribution is 6.16. The van der Waals surface area contributed by atoms with E-state index in [4.69, 9.17) is 19.7 Å². The number of hydrogen-bond donors (Lipinski definition) is 0. The zero-order valence-electron chi connectivity index (χ0n) is 36.3. The molecule has 310 valence electrons. The van der Waals surface area contributed by atoms with Gasteiger partial charge in [0.15, 0.2) is 17.5 Å². The normalized spacial score (nSPS) is 14.3. The van der Waals surface area contributed by atoms with Crippen molar-refractivity contribution in [1.29, 1.82) is 0 Å². The van der Waals surface area contributed by atoms with Crippen molar-refractivity contribution < 1.29 is 4.74 Å². The van der Waals surface area contributed by atoms with Crippen LogP contribution < -0.4 is 4.74 Å². The molecule has 14 rings (SSSR count). The number of aromatic nitrogens is 4. The Balaban J connectivity index is 1.08. The van der Waals surface area contributed by atoms with Crippen molar-refractivity contribution in [2.75, 3.05) is 0 Å². The third-order valence-electron chi connectivity index (χ3n) is 14.5. The molecule has 0 saturated carbocycles. The standard InChI is InChI=1S/C61H40N4O/c1-60(2)46-26-12-10-25-42(46)54-45(59-63-57(37-19-5-3-6-20-37)62-58(64-59)38-21-7-4-8-22-38)36-44-41-24-11-16-30-51(41)65(56(44)55(54)60)39-33-34-48-43(35-39)40-23-9-13-27-47(40)61(48)49-28-14-17-31-52(49)66-53-32-18-15-29-50(53)61/h3-36H,1-2H3. The molecular formula is C61H40N4O. The second-order valence-corrected chi connectivity index (χ2v) is 18.3. The summed E-state index contributed by atoms with van der Waals surface area (Å²) in [5.41, 5.74) is 17.7. The van der Waals surface area contributed by atoms with Gasteiger partial charge in [0.05, 0.1) is 16.4 Å². The van der Waals surface area contributed by atoms with Crippen molar-refractivity contribution in [3.8, 4) is 73.6 Å². The molecule has 0 N–H and O–H groups in total. The molecule has 2 aliphatic carbocycles. The quantitative estimate of drug-likeness (QED) is 0.177. The Morgan fingerprint density at radius 3 is 1.62 bits per heavy atom. The fourth-order valence-corrected chi connectivity index (χ4v) is 11.8. The van der Waals surface area contributed by atoms with Crippen LogP contribution in [0.25, 0.3) is 83.9 Å². The molecule has 0 fully saturated rings. The first-order valence-electron chi connectivity index (χ1n) is 22.7. The molecule has 0 atom stereocenters. The third-order valence-corrected chi connectivity index (χ3v) is 14.5. The van der Waals surface area contributed by atoms with E-state index in [0.29, 0.717) is 17.5 Å². The van der Waals surface area contributed by atoms with E-state index in [-0.39, 0.29) is 5.41 Å². The van der Waals surface area contributed by atoms with Crippen LogP contribution in [0.3, 0.4) is 0 Å². The summed E-state index contributed by atoms with van der Waals surface area (Å²) in [5.74, 6) is 3.73. The Morgan fingerprint density at radius 1 is 0.409 bits per heavy atom. The van der Waals surface area contributed by atoms with E-state index in [2.05, 4.69) is 188 Å². The van der Waals surface area contributed by atoms with Gasteiger partial charge in [0, 0.05) is 49.7 Å². The summed E-state index contributed by atoms with van der Waals surface area (Å²) in [4.78, 5) is 15.8. The Hall–Kier alpha value is -8.41. The van der Waals surface area contributed by atoms with Gasteiger partial charge in [-0.2, -0.15) is 0 Å². The lowest BCUT2D eigenvalue weighted by Gasteiger charge is -2.39. The number of benzene rings is 9. The van der Waals surface area contributed by atoms with Crippen LogP contribution in [0.1, 0.15) is 47.2 Å². The molecule has 2 aromatic heterocycles. The van der Waals surface area contributed by atoms with Crippen molar-refractivity contribution in [3.05, 3.63) is 240 Å². The van der Waals surface area contributed by atoms with E-state index in [1.165, 1.54) is 49.8 Å². The first-order chi connectivity index (χ1) is 32.5. The first kappa shape index (κ1) is 37.0. The van der Waals surface area contributed by atoms with E-state index >= 15 is 0 Å². The molecule has 0 radical (unpaired) electrons. The zero-order chi connectivity index (χ0) is 43.7. The maximum atomic E-state index is 6.65. The molecule has 5 heteroatoms. The zero-order valence-corrected chi connectivity index (χ0v) is 36.3. The summed E-state index contributed by atoms with van der Waals surface area (Å²) in [5, 5.41) is 2.33. The number of ether oxygens (including phenoxy) is 1. The average molecular weight is 845 g/mol. The van der Waals surface area contributed by atoms with Gasteiger partial charge in [-0.3, -0.25) is 0 Å².